The van der Waals surface area contributed by atoms with Gasteiger partial charge in [0.1, 0.15) is 11.3 Å². The summed E-state index contributed by atoms with van der Waals surface area (Å²) in [7, 11) is 1.44. The van der Waals surface area contributed by atoms with Crippen LogP contribution in [-0.4, -0.2) is 25.6 Å². The van der Waals surface area contributed by atoms with E-state index in [2.05, 4.69) is 5.32 Å². The number of nitrogens with one attached hydrogen (secondary N) is 1. The zero-order valence-corrected chi connectivity index (χ0v) is 14.4. The van der Waals surface area contributed by atoms with E-state index < -0.39 is 18.5 Å². The smallest absolute Gasteiger partial charge is 0.342 e. The molecule has 5 nitrogen and oxygen atoms in total. The van der Waals surface area contributed by atoms with Crippen LogP contribution in [0.3, 0.4) is 0 Å². The molecule has 0 spiro atoms. The average molecular weight is 348 g/mol. The van der Waals surface area contributed by atoms with Crippen LogP contribution in [0.5, 0.6) is 5.75 Å². The molecule has 1 amide bonds. The maximum absolute atomic E-state index is 12.1. The number of carbonyl (C=O) groups is 2. The molecule has 0 saturated heterocycles. The van der Waals surface area contributed by atoms with E-state index in [1.54, 1.807) is 12.1 Å². The minimum Gasteiger partial charge on any atom is -0.496 e. The van der Waals surface area contributed by atoms with Crippen molar-refractivity contribution in [2.24, 2.45) is 0 Å². The lowest BCUT2D eigenvalue weighted by Gasteiger charge is -2.12. The van der Waals surface area contributed by atoms with Gasteiger partial charge in [-0.15, -0.1) is 0 Å². The normalized spacial score (nSPS) is 10.2. The van der Waals surface area contributed by atoms with Crippen molar-refractivity contribution in [3.8, 4) is 5.75 Å². The van der Waals surface area contributed by atoms with Crippen molar-refractivity contribution in [3.05, 3.63) is 58.1 Å². The van der Waals surface area contributed by atoms with Crippen LogP contribution in [0.4, 0.5) is 5.69 Å². The highest BCUT2D eigenvalue weighted by Gasteiger charge is 2.16. The summed E-state index contributed by atoms with van der Waals surface area (Å²) in [5.74, 6) is -0.757. The van der Waals surface area contributed by atoms with E-state index in [1.165, 1.54) is 13.2 Å². The Morgan fingerprint density at radius 1 is 1.12 bits per heavy atom. The van der Waals surface area contributed by atoms with Crippen molar-refractivity contribution in [3.63, 3.8) is 0 Å². The van der Waals surface area contributed by atoms with Crippen LogP contribution in [0.25, 0.3) is 0 Å². The molecule has 0 bridgehead atoms. The molecular weight excluding hydrogens is 330 g/mol. The van der Waals surface area contributed by atoms with Crippen molar-refractivity contribution < 1.29 is 19.1 Å². The minimum atomic E-state index is -0.675. The van der Waals surface area contributed by atoms with Crippen molar-refractivity contribution in [2.75, 3.05) is 19.0 Å². The van der Waals surface area contributed by atoms with Crippen LogP contribution < -0.4 is 10.1 Å². The summed E-state index contributed by atoms with van der Waals surface area (Å²) >= 11 is 5.88. The number of hydrogen-bond donors (Lipinski definition) is 1. The number of rotatable bonds is 5. The van der Waals surface area contributed by atoms with E-state index in [-0.39, 0.29) is 5.56 Å². The fourth-order valence-electron chi connectivity index (χ4n) is 2.24. The summed E-state index contributed by atoms with van der Waals surface area (Å²) in [4.78, 5) is 24.2. The number of esters is 1. The van der Waals surface area contributed by atoms with E-state index in [9.17, 15) is 9.59 Å². The highest BCUT2D eigenvalue weighted by Crippen LogP contribution is 2.23. The summed E-state index contributed by atoms with van der Waals surface area (Å²) in [6, 6.07) is 10.3. The van der Waals surface area contributed by atoms with E-state index in [1.807, 2.05) is 32.0 Å². The van der Waals surface area contributed by atoms with Gasteiger partial charge in [-0.3, -0.25) is 4.79 Å². The zero-order valence-electron chi connectivity index (χ0n) is 13.7. The van der Waals surface area contributed by atoms with Gasteiger partial charge in [-0.25, -0.2) is 4.79 Å². The minimum absolute atomic E-state index is 0.171. The first kappa shape index (κ1) is 17.8. The number of anilines is 1. The maximum atomic E-state index is 12.1. The van der Waals surface area contributed by atoms with Crippen LogP contribution in [0.15, 0.2) is 36.4 Å². The molecule has 2 rings (SSSR count). The molecule has 126 valence electrons. The lowest BCUT2D eigenvalue weighted by molar-refractivity contribution is -0.119. The number of para-hydroxylation sites is 1. The SMILES string of the molecule is COc1ccc(Cl)cc1C(=O)OCC(=O)Nc1c(C)cccc1C. The number of ether oxygens (including phenoxy) is 2. The largest absolute Gasteiger partial charge is 0.496 e. The Balaban J connectivity index is 2.02. The van der Waals surface area contributed by atoms with Gasteiger partial charge in [0, 0.05) is 10.7 Å². The summed E-state index contributed by atoms with van der Waals surface area (Å²) < 4.78 is 10.1. The lowest BCUT2D eigenvalue weighted by Crippen LogP contribution is -2.22. The lowest BCUT2D eigenvalue weighted by atomic mass is 10.1. The van der Waals surface area contributed by atoms with E-state index in [0.29, 0.717) is 10.8 Å². The molecule has 0 aromatic heterocycles. The second-order valence-corrected chi connectivity index (χ2v) is 5.67. The van der Waals surface area contributed by atoms with Gasteiger partial charge in [0.2, 0.25) is 0 Å². The van der Waals surface area contributed by atoms with E-state index in [0.717, 1.165) is 16.8 Å². The Kier molecular flexibility index (Phi) is 5.82. The Labute approximate surface area is 145 Å². The molecule has 6 heteroatoms. The third-order valence-electron chi connectivity index (χ3n) is 3.46. The summed E-state index contributed by atoms with van der Waals surface area (Å²) in [6.45, 7) is 3.39. The standard InChI is InChI=1S/C18H18ClNO4/c1-11-5-4-6-12(2)17(11)20-16(21)10-24-18(22)14-9-13(19)7-8-15(14)23-3/h4-9H,10H2,1-3H3,(H,20,21). The average Bonchev–Trinajstić information content (AvgIpc) is 2.56. The summed E-state index contributed by atoms with van der Waals surface area (Å²) in [6.07, 6.45) is 0. The number of methoxy groups -OCH3 is 1. The van der Waals surface area contributed by atoms with Crippen molar-refractivity contribution in [1.29, 1.82) is 0 Å². The predicted molar refractivity (Wildman–Crippen MR) is 92.8 cm³/mol. The van der Waals surface area contributed by atoms with Crippen LogP contribution in [-0.2, 0) is 9.53 Å². The van der Waals surface area contributed by atoms with Crippen LogP contribution >= 0.6 is 11.6 Å². The van der Waals surface area contributed by atoms with E-state index >= 15 is 0 Å². The molecule has 0 saturated carbocycles. The highest BCUT2D eigenvalue weighted by atomic mass is 35.5. The molecule has 0 atom stereocenters. The maximum Gasteiger partial charge on any atom is 0.342 e. The first-order valence-electron chi connectivity index (χ1n) is 7.29. The molecule has 0 aliphatic heterocycles. The number of aryl methyl sites for hydroxylation is 2. The molecule has 1 N–H and O–H groups in total. The van der Waals surface area contributed by atoms with Crippen molar-refractivity contribution >= 4 is 29.2 Å². The Morgan fingerprint density at radius 3 is 2.42 bits per heavy atom. The molecule has 0 radical (unpaired) electrons. The first-order valence-corrected chi connectivity index (χ1v) is 7.67. The first-order chi connectivity index (χ1) is 11.4. The van der Waals surface area contributed by atoms with Gasteiger partial charge >= 0.3 is 5.97 Å². The number of benzene rings is 2. The Morgan fingerprint density at radius 2 is 1.79 bits per heavy atom. The molecule has 0 heterocycles. The Bertz CT molecular complexity index is 753. The molecule has 0 aliphatic carbocycles. The van der Waals surface area contributed by atoms with Gasteiger partial charge in [-0.2, -0.15) is 0 Å². The van der Waals surface area contributed by atoms with Gasteiger partial charge in [-0.05, 0) is 43.2 Å². The van der Waals surface area contributed by atoms with Gasteiger partial charge in [0.15, 0.2) is 6.61 Å². The van der Waals surface area contributed by atoms with E-state index in [4.69, 9.17) is 21.1 Å². The fourth-order valence-corrected chi connectivity index (χ4v) is 2.41. The highest BCUT2D eigenvalue weighted by molar-refractivity contribution is 6.31. The number of halogens is 1. The van der Waals surface area contributed by atoms with Crippen LogP contribution in [0.2, 0.25) is 5.02 Å². The quantitative estimate of drug-likeness (QED) is 0.836. The van der Waals surface area contributed by atoms with Crippen molar-refractivity contribution in [1.82, 2.24) is 0 Å². The molecule has 2 aromatic carbocycles. The zero-order chi connectivity index (χ0) is 17.7. The molecule has 2 aromatic rings. The van der Waals surface area contributed by atoms with Crippen LogP contribution in [0, 0.1) is 13.8 Å². The third-order valence-corrected chi connectivity index (χ3v) is 3.70. The molecule has 0 fully saturated rings. The topological polar surface area (TPSA) is 64.6 Å². The van der Waals surface area contributed by atoms with Crippen molar-refractivity contribution in [2.45, 2.75) is 13.8 Å². The van der Waals surface area contributed by atoms with Gasteiger partial charge in [-0.1, -0.05) is 29.8 Å². The summed E-state index contributed by atoms with van der Waals surface area (Å²) in [5.41, 5.74) is 2.76. The fraction of sp³-hybridized carbons (Fsp3) is 0.222. The monoisotopic (exact) mass is 347 g/mol. The second-order valence-electron chi connectivity index (χ2n) is 5.24. The Hall–Kier alpha value is -2.53. The predicted octanol–water partition coefficient (Wildman–Crippen LogP) is 3.76. The second kappa shape index (κ2) is 7.84. The molecule has 24 heavy (non-hydrogen) atoms. The molecule has 0 aliphatic rings. The number of amides is 1. The van der Waals surface area contributed by atoms with Gasteiger partial charge < -0.3 is 14.8 Å². The van der Waals surface area contributed by atoms with Crippen LogP contribution in [0.1, 0.15) is 21.5 Å². The van der Waals surface area contributed by atoms with Gasteiger partial charge in [0.05, 0.1) is 7.11 Å². The number of hydrogen-bond acceptors (Lipinski definition) is 4. The van der Waals surface area contributed by atoms with Gasteiger partial charge in [0.25, 0.3) is 5.91 Å². The summed E-state index contributed by atoms with van der Waals surface area (Å²) in [5, 5.41) is 3.13. The third kappa shape index (κ3) is 4.26. The molecule has 0 unspecified atom stereocenters. The number of carbonyl (C=O) groups excluding carboxylic acids is 2. The molecular formula is C18H18ClNO4.